The molecule has 1 fully saturated rings. The summed E-state index contributed by atoms with van der Waals surface area (Å²) >= 11 is 0. The van der Waals surface area contributed by atoms with Gasteiger partial charge in [0.1, 0.15) is 12.1 Å². The molecule has 1 aromatic carbocycles. The zero-order valence-corrected chi connectivity index (χ0v) is 20.0. The summed E-state index contributed by atoms with van der Waals surface area (Å²) in [7, 11) is 0.485. The molecule has 2 heterocycles. The molecule has 0 N–H and O–H groups in total. The van der Waals surface area contributed by atoms with Crippen LogP contribution in [-0.2, 0) is 16.9 Å². The largest absolute Gasteiger partial charge is 0.356 e. The molecular weight excluding hydrogens is 422 g/mol. The van der Waals surface area contributed by atoms with Gasteiger partial charge in [-0.1, -0.05) is 31.6 Å². The van der Waals surface area contributed by atoms with Crippen LogP contribution in [-0.4, -0.2) is 47.0 Å². The van der Waals surface area contributed by atoms with Gasteiger partial charge in [0.15, 0.2) is 9.84 Å². The molecule has 0 amide bonds. The van der Waals surface area contributed by atoms with Crippen molar-refractivity contribution in [1.29, 1.82) is 0 Å². The fraction of sp³-hybridized carbons (Fsp3) is 0.458. The molecule has 1 saturated carbocycles. The Bertz CT molecular complexity index is 1240. The molecule has 1 aliphatic carbocycles. The quantitative estimate of drug-likeness (QED) is 0.509. The number of anilines is 1. The smallest absolute Gasteiger partial charge is 0.179 e. The van der Waals surface area contributed by atoms with Crippen LogP contribution in [0, 0.1) is 12.8 Å². The summed E-state index contributed by atoms with van der Waals surface area (Å²) in [6.45, 7) is 4.16. The van der Waals surface area contributed by atoms with Crippen molar-refractivity contribution < 1.29 is 8.42 Å². The first-order chi connectivity index (χ1) is 15.3. The molecule has 0 aliphatic heterocycles. The number of fused-ring (bicyclic) bond motifs is 1. The second kappa shape index (κ2) is 9.02. The summed E-state index contributed by atoms with van der Waals surface area (Å²) in [5.41, 5.74) is 2.83. The summed E-state index contributed by atoms with van der Waals surface area (Å²) in [4.78, 5) is 11.5. The highest BCUT2D eigenvalue weighted by atomic mass is 32.2. The number of aromatic nitrogens is 4. The first-order valence-corrected chi connectivity index (χ1v) is 12.8. The summed E-state index contributed by atoms with van der Waals surface area (Å²) < 4.78 is 28.0. The predicted octanol–water partition coefficient (Wildman–Crippen LogP) is 4.17. The Labute approximate surface area is 190 Å². The number of rotatable bonds is 8. The number of allylic oxidation sites excluding steroid dienone is 1. The zero-order valence-electron chi connectivity index (χ0n) is 19.2. The Morgan fingerprint density at radius 3 is 2.78 bits per heavy atom. The van der Waals surface area contributed by atoms with E-state index >= 15 is 0 Å². The number of benzene rings is 1. The summed E-state index contributed by atoms with van der Waals surface area (Å²) in [6.07, 6.45) is 11.3. The van der Waals surface area contributed by atoms with Crippen LogP contribution in [0.3, 0.4) is 0 Å². The Morgan fingerprint density at radius 1 is 1.25 bits per heavy atom. The fourth-order valence-electron chi connectivity index (χ4n) is 4.46. The van der Waals surface area contributed by atoms with Crippen molar-refractivity contribution in [1.82, 2.24) is 19.7 Å². The standard InChI is InChI=1S/C24H31N5O2S/c1-5-6-7-9-20-17(2)25-16-26-24(20)28(3)19-12-18(13-19)15-32(30,31)23-11-8-10-22-21(23)14-27-29(22)4/h7-11,14,16,18-19H,5-6,12-13,15H2,1-4H3/b9-7-. The molecule has 3 aromatic rings. The normalized spacial score (nSPS) is 18.9. The first kappa shape index (κ1) is 22.5. The van der Waals surface area contributed by atoms with Gasteiger partial charge in [0, 0.05) is 31.1 Å². The lowest BCUT2D eigenvalue weighted by atomic mass is 9.80. The van der Waals surface area contributed by atoms with Crippen LogP contribution in [0.4, 0.5) is 5.82 Å². The van der Waals surface area contributed by atoms with E-state index in [2.05, 4.69) is 39.0 Å². The summed E-state index contributed by atoms with van der Waals surface area (Å²) in [5, 5.41) is 4.92. The molecule has 0 saturated heterocycles. The average molecular weight is 454 g/mol. The van der Waals surface area contributed by atoms with Gasteiger partial charge in [-0.25, -0.2) is 18.4 Å². The van der Waals surface area contributed by atoms with Gasteiger partial charge in [-0.2, -0.15) is 5.10 Å². The van der Waals surface area contributed by atoms with Crippen molar-refractivity contribution in [3.05, 3.63) is 48.1 Å². The lowest BCUT2D eigenvalue weighted by Gasteiger charge is -2.42. The lowest BCUT2D eigenvalue weighted by Crippen LogP contribution is -2.45. The van der Waals surface area contributed by atoms with Gasteiger partial charge in [0.05, 0.1) is 28.1 Å². The van der Waals surface area contributed by atoms with E-state index in [1.807, 2.05) is 27.1 Å². The Hall–Kier alpha value is -2.74. The minimum atomic E-state index is -3.39. The van der Waals surface area contributed by atoms with Crippen LogP contribution in [0.1, 0.15) is 43.9 Å². The lowest BCUT2D eigenvalue weighted by molar-refractivity contribution is 0.282. The van der Waals surface area contributed by atoms with E-state index in [-0.39, 0.29) is 17.7 Å². The van der Waals surface area contributed by atoms with Crippen LogP contribution >= 0.6 is 0 Å². The average Bonchev–Trinajstić information content (AvgIpc) is 3.12. The van der Waals surface area contributed by atoms with Crippen molar-refractivity contribution in [3.8, 4) is 0 Å². The molecule has 7 nitrogen and oxygen atoms in total. The molecule has 0 radical (unpaired) electrons. The molecule has 0 spiro atoms. The minimum Gasteiger partial charge on any atom is -0.356 e. The maximum absolute atomic E-state index is 13.2. The van der Waals surface area contributed by atoms with E-state index in [9.17, 15) is 8.42 Å². The molecule has 2 aromatic heterocycles. The number of unbranched alkanes of at least 4 members (excludes halogenated alkanes) is 1. The van der Waals surface area contributed by atoms with Crippen LogP contribution in [0.5, 0.6) is 0 Å². The minimum absolute atomic E-state index is 0.140. The van der Waals surface area contributed by atoms with E-state index in [1.54, 1.807) is 29.3 Å². The summed E-state index contributed by atoms with van der Waals surface area (Å²) in [6, 6.07) is 5.66. The van der Waals surface area contributed by atoms with Gasteiger partial charge in [-0.3, -0.25) is 4.68 Å². The third-order valence-corrected chi connectivity index (χ3v) is 8.37. The van der Waals surface area contributed by atoms with Gasteiger partial charge in [-0.15, -0.1) is 0 Å². The topological polar surface area (TPSA) is 81.0 Å². The number of hydrogen-bond donors (Lipinski definition) is 0. The van der Waals surface area contributed by atoms with Crippen LogP contribution < -0.4 is 4.90 Å². The highest BCUT2D eigenvalue weighted by molar-refractivity contribution is 7.91. The Morgan fingerprint density at radius 2 is 2.03 bits per heavy atom. The molecule has 32 heavy (non-hydrogen) atoms. The molecule has 4 rings (SSSR count). The fourth-order valence-corrected chi connectivity index (χ4v) is 6.31. The number of aryl methyl sites for hydroxylation is 2. The van der Waals surface area contributed by atoms with Crippen LogP contribution in [0.25, 0.3) is 17.0 Å². The predicted molar refractivity (Wildman–Crippen MR) is 128 cm³/mol. The SMILES string of the molecule is CCC/C=C\c1c(C)ncnc1N(C)C1CC(CS(=O)(=O)c2cccc3c2cnn3C)C1. The number of hydrogen-bond acceptors (Lipinski definition) is 6. The van der Waals surface area contributed by atoms with Crippen molar-refractivity contribution >= 4 is 32.6 Å². The molecule has 0 unspecified atom stereocenters. The Kier molecular flexibility index (Phi) is 6.33. The molecule has 0 bridgehead atoms. The molecule has 0 atom stereocenters. The van der Waals surface area contributed by atoms with E-state index in [0.717, 1.165) is 48.3 Å². The highest BCUT2D eigenvalue weighted by Crippen LogP contribution is 2.37. The van der Waals surface area contributed by atoms with Crippen molar-refractivity contribution in [3.63, 3.8) is 0 Å². The molecular formula is C24H31N5O2S. The molecule has 1 aliphatic rings. The number of nitrogens with zero attached hydrogens (tertiary/aromatic N) is 5. The van der Waals surface area contributed by atoms with Gasteiger partial charge in [0.25, 0.3) is 0 Å². The van der Waals surface area contributed by atoms with Gasteiger partial charge < -0.3 is 4.90 Å². The van der Waals surface area contributed by atoms with Crippen molar-refractivity contribution in [2.24, 2.45) is 13.0 Å². The van der Waals surface area contributed by atoms with E-state index in [1.165, 1.54) is 0 Å². The van der Waals surface area contributed by atoms with Crippen molar-refractivity contribution in [2.45, 2.75) is 50.5 Å². The van der Waals surface area contributed by atoms with E-state index in [0.29, 0.717) is 10.3 Å². The highest BCUT2D eigenvalue weighted by Gasteiger charge is 2.37. The summed E-state index contributed by atoms with van der Waals surface area (Å²) in [5.74, 6) is 1.22. The van der Waals surface area contributed by atoms with Crippen LogP contribution in [0.15, 0.2) is 41.7 Å². The second-order valence-corrected chi connectivity index (χ2v) is 10.7. The van der Waals surface area contributed by atoms with E-state index < -0.39 is 9.84 Å². The third-order valence-electron chi connectivity index (χ3n) is 6.44. The van der Waals surface area contributed by atoms with Crippen molar-refractivity contribution in [2.75, 3.05) is 17.7 Å². The molecule has 170 valence electrons. The second-order valence-electron chi connectivity index (χ2n) is 8.73. The van der Waals surface area contributed by atoms with E-state index in [4.69, 9.17) is 0 Å². The van der Waals surface area contributed by atoms with Crippen LogP contribution in [0.2, 0.25) is 0 Å². The molecule has 8 heteroatoms. The van der Waals surface area contributed by atoms with Gasteiger partial charge >= 0.3 is 0 Å². The third kappa shape index (κ3) is 4.28. The maximum Gasteiger partial charge on any atom is 0.179 e. The maximum atomic E-state index is 13.2. The number of sulfone groups is 1. The zero-order chi connectivity index (χ0) is 22.9. The Balaban J connectivity index is 1.46. The van der Waals surface area contributed by atoms with Gasteiger partial charge in [-0.05, 0) is 44.2 Å². The monoisotopic (exact) mass is 453 g/mol. The first-order valence-electron chi connectivity index (χ1n) is 11.2. The van der Waals surface area contributed by atoms with Gasteiger partial charge in [0.2, 0.25) is 0 Å².